The number of carbonyl (C=O) groups is 2. The van der Waals surface area contributed by atoms with Crippen LogP contribution in [-0.2, 0) is 9.53 Å². The maximum Gasteiger partial charge on any atom is 0.320 e. The topological polar surface area (TPSA) is 67.7 Å². The van der Waals surface area contributed by atoms with E-state index in [4.69, 9.17) is 4.74 Å². The summed E-state index contributed by atoms with van der Waals surface area (Å²) in [6.45, 7) is 7.53. The molecule has 1 aliphatic rings. The molecule has 0 N–H and O–H groups in total. The molecule has 0 saturated carbocycles. The van der Waals surface area contributed by atoms with Crippen molar-refractivity contribution in [3.63, 3.8) is 0 Å². The van der Waals surface area contributed by atoms with Crippen molar-refractivity contribution in [1.29, 1.82) is 0 Å². The summed E-state index contributed by atoms with van der Waals surface area (Å²) in [5, 5.41) is 0. The van der Waals surface area contributed by atoms with E-state index in [9.17, 15) is 9.59 Å². The van der Waals surface area contributed by atoms with Crippen molar-refractivity contribution >= 4 is 28.5 Å². The molecular formula is C23H26N4O3. The van der Waals surface area contributed by atoms with Gasteiger partial charge in [-0.2, -0.15) is 0 Å². The van der Waals surface area contributed by atoms with Crippen LogP contribution in [0, 0.1) is 0 Å². The molecule has 2 heterocycles. The van der Waals surface area contributed by atoms with Crippen molar-refractivity contribution in [2.75, 3.05) is 44.2 Å². The summed E-state index contributed by atoms with van der Waals surface area (Å²) in [5.74, 6) is -0.122. The highest BCUT2D eigenvalue weighted by atomic mass is 16.5. The molecule has 7 nitrogen and oxygen atoms in total. The SMILES string of the molecule is CCOC(=O)CN1CCN(c2cccc(-n3cnc4cc(C(C)=O)ccc43)c2)CC1. The number of imidazole rings is 1. The van der Waals surface area contributed by atoms with Gasteiger partial charge in [-0.15, -0.1) is 0 Å². The summed E-state index contributed by atoms with van der Waals surface area (Å²) in [4.78, 5) is 32.3. The fourth-order valence-electron chi connectivity index (χ4n) is 3.83. The Morgan fingerprint density at radius 3 is 2.53 bits per heavy atom. The first-order valence-corrected chi connectivity index (χ1v) is 10.3. The Morgan fingerprint density at radius 1 is 1.03 bits per heavy atom. The number of carbonyl (C=O) groups excluding carboxylic acids is 2. The Bertz CT molecular complexity index is 1070. The van der Waals surface area contributed by atoms with E-state index in [1.807, 2.05) is 35.8 Å². The molecule has 0 unspecified atom stereocenters. The average Bonchev–Trinajstić information content (AvgIpc) is 3.18. The lowest BCUT2D eigenvalue weighted by atomic mass is 10.1. The van der Waals surface area contributed by atoms with Crippen LogP contribution >= 0.6 is 0 Å². The molecule has 0 amide bonds. The van der Waals surface area contributed by atoms with E-state index in [1.165, 1.54) is 0 Å². The van der Waals surface area contributed by atoms with E-state index >= 15 is 0 Å². The molecule has 0 spiro atoms. The van der Waals surface area contributed by atoms with Gasteiger partial charge < -0.3 is 9.64 Å². The third-order valence-corrected chi connectivity index (χ3v) is 5.46. The predicted octanol–water partition coefficient (Wildman–Crippen LogP) is 2.91. The number of ether oxygens (including phenoxy) is 1. The number of hydrogen-bond acceptors (Lipinski definition) is 6. The van der Waals surface area contributed by atoms with E-state index in [0.717, 1.165) is 48.6 Å². The van der Waals surface area contributed by atoms with Crippen molar-refractivity contribution in [3.8, 4) is 5.69 Å². The van der Waals surface area contributed by atoms with Gasteiger partial charge in [0, 0.05) is 43.1 Å². The minimum absolute atomic E-state index is 0.0375. The van der Waals surface area contributed by atoms with Crippen LogP contribution in [0.2, 0.25) is 0 Å². The maximum absolute atomic E-state index is 11.7. The van der Waals surface area contributed by atoms with E-state index < -0.39 is 0 Å². The summed E-state index contributed by atoms with van der Waals surface area (Å²) >= 11 is 0. The highest BCUT2D eigenvalue weighted by molar-refractivity contribution is 5.97. The number of piperazine rings is 1. The van der Waals surface area contributed by atoms with Gasteiger partial charge in [0.1, 0.15) is 6.33 Å². The highest BCUT2D eigenvalue weighted by Crippen LogP contribution is 2.24. The van der Waals surface area contributed by atoms with E-state index in [-0.39, 0.29) is 11.8 Å². The normalized spacial score (nSPS) is 14.8. The maximum atomic E-state index is 11.7. The summed E-state index contributed by atoms with van der Waals surface area (Å²) in [6.07, 6.45) is 1.80. The molecular weight excluding hydrogens is 380 g/mol. The standard InChI is InChI=1S/C23H26N4O3/c1-3-30-23(29)15-25-9-11-26(12-10-25)19-5-4-6-20(14-19)27-16-24-21-13-18(17(2)28)7-8-22(21)27/h4-8,13-14,16H,3,9-12,15H2,1-2H3. The molecule has 156 valence electrons. The van der Waals surface area contributed by atoms with E-state index in [2.05, 4.69) is 33.0 Å². The zero-order valence-corrected chi connectivity index (χ0v) is 17.4. The minimum atomic E-state index is -0.159. The van der Waals surface area contributed by atoms with Crippen molar-refractivity contribution in [2.24, 2.45) is 0 Å². The lowest BCUT2D eigenvalue weighted by molar-refractivity contribution is -0.144. The first kappa shape index (κ1) is 20.1. The summed E-state index contributed by atoms with van der Waals surface area (Å²) < 4.78 is 7.09. The smallest absolute Gasteiger partial charge is 0.320 e. The molecule has 4 rings (SSSR count). The second kappa shape index (κ2) is 8.67. The Morgan fingerprint density at radius 2 is 1.80 bits per heavy atom. The minimum Gasteiger partial charge on any atom is -0.465 e. The molecule has 0 radical (unpaired) electrons. The van der Waals surface area contributed by atoms with Crippen molar-refractivity contribution in [1.82, 2.24) is 14.5 Å². The number of ketones is 1. The number of anilines is 1. The summed E-state index contributed by atoms with van der Waals surface area (Å²) in [7, 11) is 0. The van der Waals surface area contributed by atoms with Crippen LogP contribution in [0.5, 0.6) is 0 Å². The van der Waals surface area contributed by atoms with Gasteiger partial charge in [0.2, 0.25) is 0 Å². The lowest BCUT2D eigenvalue weighted by Crippen LogP contribution is -2.48. The lowest BCUT2D eigenvalue weighted by Gasteiger charge is -2.35. The number of nitrogens with zero attached hydrogens (tertiary/aromatic N) is 4. The van der Waals surface area contributed by atoms with Gasteiger partial charge in [-0.25, -0.2) is 4.98 Å². The van der Waals surface area contributed by atoms with Crippen molar-refractivity contribution < 1.29 is 14.3 Å². The molecule has 2 aromatic carbocycles. The third kappa shape index (κ3) is 4.21. The number of benzene rings is 2. The van der Waals surface area contributed by atoms with Crippen LogP contribution in [0.3, 0.4) is 0 Å². The number of aromatic nitrogens is 2. The first-order valence-electron chi connectivity index (χ1n) is 10.3. The number of esters is 1. The fraction of sp³-hybridized carbons (Fsp3) is 0.348. The van der Waals surface area contributed by atoms with Gasteiger partial charge in [-0.1, -0.05) is 6.07 Å². The van der Waals surface area contributed by atoms with E-state index in [1.54, 1.807) is 13.3 Å². The molecule has 30 heavy (non-hydrogen) atoms. The third-order valence-electron chi connectivity index (χ3n) is 5.46. The molecule has 3 aromatic rings. The molecule has 0 aliphatic carbocycles. The summed E-state index contributed by atoms with van der Waals surface area (Å²) in [5.41, 5.74) is 4.62. The quantitative estimate of drug-likeness (QED) is 0.463. The second-order valence-electron chi connectivity index (χ2n) is 7.46. The van der Waals surface area contributed by atoms with E-state index in [0.29, 0.717) is 18.7 Å². The van der Waals surface area contributed by atoms with Crippen molar-refractivity contribution in [2.45, 2.75) is 13.8 Å². The molecule has 7 heteroatoms. The predicted molar refractivity (Wildman–Crippen MR) is 116 cm³/mol. The first-order chi connectivity index (χ1) is 14.5. The van der Waals surface area contributed by atoms with Gasteiger partial charge in [0.05, 0.1) is 24.2 Å². The zero-order chi connectivity index (χ0) is 21.1. The Hall–Kier alpha value is -3.19. The van der Waals surface area contributed by atoms with Gasteiger partial charge in [-0.3, -0.25) is 19.1 Å². The molecule has 0 atom stereocenters. The van der Waals surface area contributed by atoms with Crippen LogP contribution in [-0.4, -0.2) is 65.5 Å². The van der Waals surface area contributed by atoms with Gasteiger partial charge in [0.25, 0.3) is 0 Å². The Labute approximate surface area is 175 Å². The number of fused-ring (bicyclic) bond motifs is 1. The fourth-order valence-corrected chi connectivity index (χ4v) is 3.83. The largest absolute Gasteiger partial charge is 0.465 e. The molecule has 1 aromatic heterocycles. The number of hydrogen-bond donors (Lipinski definition) is 0. The summed E-state index contributed by atoms with van der Waals surface area (Å²) in [6, 6.07) is 14.0. The molecule has 1 fully saturated rings. The molecule has 1 saturated heterocycles. The van der Waals surface area contributed by atoms with Crippen LogP contribution in [0.4, 0.5) is 5.69 Å². The van der Waals surface area contributed by atoms with Gasteiger partial charge in [0.15, 0.2) is 5.78 Å². The highest BCUT2D eigenvalue weighted by Gasteiger charge is 2.20. The van der Waals surface area contributed by atoms with Crippen LogP contribution < -0.4 is 4.90 Å². The molecule has 1 aliphatic heterocycles. The Balaban J connectivity index is 1.49. The Kier molecular flexibility index (Phi) is 5.81. The second-order valence-corrected chi connectivity index (χ2v) is 7.46. The van der Waals surface area contributed by atoms with Crippen LogP contribution in [0.25, 0.3) is 16.7 Å². The van der Waals surface area contributed by atoms with Crippen LogP contribution in [0.1, 0.15) is 24.2 Å². The van der Waals surface area contributed by atoms with Crippen molar-refractivity contribution in [3.05, 3.63) is 54.4 Å². The monoisotopic (exact) mass is 406 g/mol. The average molecular weight is 406 g/mol. The molecule has 0 bridgehead atoms. The number of Topliss-reactive ketones (excluding diaryl/α,β-unsaturated/α-hetero) is 1. The zero-order valence-electron chi connectivity index (χ0n) is 17.4. The van der Waals surface area contributed by atoms with Gasteiger partial charge >= 0.3 is 5.97 Å². The van der Waals surface area contributed by atoms with Gasteiger partial charge in [-0.05, 0) is 50.2 Å². The van der Waals surface area contributed by atoms with Crippen LogP contribution in [0.15, 0.2) is 48.8 Å². The number of rotatable bonds is 6.